The van der Waals surface area contributed by atoms with Crippen molar-refractivity contribution in [3.63, 3.8) is 0 Å². The first-order valence-corrected chi connectivity index (χ1v) is 8.29. The molecule has 0 fully saturated rings. The van der Waals surface area contributed by atoms with Crippen molar-refractivity contribution >= 4 is 16.8 Å². The number of fused-ring (bicyclic) bond motifs is 1. The Morgan fingerprint density at radius 1 is 1.21 bits per heavy atom. The van der Waals surface area contributed by atoms with Crippen LogP contribution in [-0.4, -0.2) is 33.6 Å². The summed E-state index contributed by atoms with van der Waals surface area (Å²) in [6.07, 6.45) is 4.53. The van der Waals surface area contributed by atoms with Crippen LogP contribution in [0.5, 0.6) is 5.75 Å². The van der Waals surface area contributed by atoms with Gasteiger partial charge in [-0.15, -0.1) is 0 Å². The summed E-state index contributed by atoms with van der Waals surface area (Å²) in [6.45, 7) is 0.0548. The zero-order valence-corrected chi connectivity index (χ0v) is 14.5. The van der Waals surface area contributed by atoms with Crippen molar-refractivity contribution in [2.24, 2.45) is 0 Å². The van der Waals surface area contributed by atoms with E-state index in [4.69, 9.17) is 4.74 Å². The van der Waals surface area contributed by atoms with Crippen LogP contribution in [-0.2, 0) is 11.3 Å². The molecule has 0 unspecified atom stereocenters. The SMILES string of the molecule is O=C(Cn1cnc2cnccc2c1=O)NCCCOc1cc(F)c(F)c(F)c1. The van der Waals surface area contributed by atoms with Crippen molar-refractivity contribution < 1.29 is 22.7 Å². The molecule has 0 bridgehead atoms. The second-order valence-electron chi connectivity index (χ2n) is 5.82. The number of hydrogen-bond acceptors (Lipinski definition) is 5. The monoisotopic (exact) mass is 392 g/mol. The summed E-state index contributed by atoms with van der Waals surface area (Å²) in [5, 5.41) is 2.96. The Morgan fingerprint density at radius 2 is 1.96 bits per heavy atom. The smallest absolute Gasteiger partial charge is 0.261 e. The fourth-order valence-corrected chi connectivity index (χ4v) is 2.44. The number of amides is 1. The minimum Gasteiger partial charge on any atom is -0.493 e. The second-order valence-corrected chi connectivity index (χ2v) is 5.82. The number of benzene rings is 1. The van der Waals surface area contributed by atoms with Crippen molar-refractivity contribution in [2.75, 3.05) is 13.2 Å². The molecule has 3 aromatic rings. The van der Waals surface area contributed by atoms with Gasteiger partial charge in [0.1, 0.15) is 12.3 Å². The Morgan fingerprint density at radius 3 is 2.71 bits per heavy atom. The van der Waals surface area contributed by atoms with E-state index in [1.165, 1.54) is 29.4 Å². The van der Waals surface area contributed by atoms with Gasteiger partial charge in [0.2, 0.25) is 5.91 Å². The number of carbonyl (C=O) groups excluding carboxylic acids is 1. The molecular weight excluding hydrogens is 377 g/mol. The number of hydrogen-bond donors (Lipinski definition) is 1. The number of nitrogens with zero attached hydrogens (tertiary/aromatic N) is 3. The summed E-state index contributed by atoms with van der Waals surface area (Å²) in [4.78, 5) is 32.2. The van der Waals surface area contributed by atoms with Crippen molar-refractivity contribution in [2.45, 2.75) is 13.0 Å². The molecular formula is C18H15F3N4O3. The second kappa shape index (κ2) is 8.51. The number of ether oxygens (including phenoxy) is 1. The lowest BCUT2D eigenvalue weighted by molar-refractivity contribution is -0.121. The van der Waals surface area contributed by atoms with Crippen LogP contribution in [0.15, 0.2) is 41.7 Å². The quantitative estimate of drug-likeness (QED) is 0.490. The molecule has 7 nitrogen and oxygen atoms in total. The molecule has 3 rings (SSSR count). The highest BCUT2D eigenvalue weighted by atomic mass is 19.2. The molecule has 10 heteroatoms. The van der Waals surface area contributed by atoms with Gasteiger partial charge < -0.3 is 10.1 Å². The van der Waals surface area contributed by atoms with Crippen molar-refractivity contribution in [3.05, 3.63) is 64.7 Å². The summed E-state index contributed by atoms with van der Waals surface area (Å²) in [6, 6.07) is 3.01. The predicted octanol–water partition coefficient (Wildman–Crippen LogP) is 1.79. The van der Waals surface area contributed by atoms with Crippen LogP contribution in [0.4, 0.5) is 13.2 Å². The van der Waals surface area contributed by atoms with Crippen LogP contribution in [0.3, 0.4) is 0 Å². The van der Waals surface area contributed by atoms with Gasteiger partial charge in [-0.1, -0.05) is 0 Å². The van der Waals surface area contributed by atoms with Gasteiger partial charge in [-0.25, -0.2) is 18.2 Å². The van der Waals surface area contributed by atoms with E-state index < -0.39 is 23.4 Å². The maximum Gasteiger partial charge on any atom is 0.261 e. The van der Waals surface area contributed by atoms with Gasteiger partial charge in [0.25, 0.3) is 5.56 Å². The minimum atomic E-state index is -1.56. The molecule has 0 saturated carbocycles. The summed E-state index contributed by atoms with van der Waals surface area (Å²) in [7, 11) is 0. The van der Waals surface area contributed by atoms with Crippen molar-refractivity contribution in [3.8, 4) is 5.75 Å². The third-order valence-corrected chi connectivity index (χ3v) is 3.81. The number of rotatable bonds is 7. The molecule has 1 N–H and O–H groups in total. The topological polar surface area (TPSA) is 86.1 Å². The molecule has 1 amide bonds. The van der Waals surface area contributed by atoms with Crippen LogP contribution in [0.25, 0.3) is 10.9 Å². The van der Waals surface area contributed by atoms with Crippen LogP contribution < -0.4 is 15.6 Å². The molecule has 1 aromatic carbocycles. The van der Waals surface area contributed by atoms with E-state index in [0.29, 0.717) is 17.3 Å². The summed E-state index contributed by atoms with van der Waals surface area (Å²) in [5.74, 6) is -4.79. The third kappa shape index (κ3) is 4.45. The standard InChI is InChI=1S/C18H15F3N4O3/c19-13-6-11(7-14(20)17(13)21)28-5-1-3-23-16(26)9-25-10-24-15-8-22-4-2-12(15)18(25)27/h2,4,6-8,10H,1,3,5,9H2,(H,23,26). The van der Waals surface area contributed by atoms with E-state index in [0.717, 1.165) is 12.1 Å². The number of carbonyl (C=O) groups is 1. The van der Waals surface area contributed by atoms with Gasteiger partial charge in [0, 0.05) is 24.9 Å². The Labute approximate surface area is 156 Å². The molecule has 28 heavy (non-hydrogen) atoms. The molecule has 0 aliphatic rings. The molecule has 0 aliphatic carbocycles. The fourth-order valence-electron chi connectivity index (χ4n) is 2.44. The van der Waals surface area contributed by atoms with Gasteiger partial charge in [-0.3, -0.25) is 19.1 Å². The number of aromatic nitrogens is 3. The third-order valence-electron chi connectivity index (χ3n) is 3.81. The molecule has 2 aromatic heterocycles. The molecule has 0 saturated heterocycles. The van der Waals surface area contributed by atoms with Gasteiger partial charge in [0.05, 0.1) is 30.0 Å². The first-order valence-electron chi connectivity index (χ1n) is 8.29. The Balaban J connectivity index is 1.46. The highest BCUT2D eigenvalue weighted by Crippen LogP contribution is 2.19. The molecule has 0 atom stereocenters. The van der Waals surface area contributed by atoms with Gasteiger partial charge >= 0.3 is 0 Å². The fraction of sp³-hybridized carbons (Fsp3) is 0.222. The minimum absolute atomic E-state index is 0.0509. The van der Waals surface area contributed by atoms with Crippen LogP contribution in [0, 0.1) is 17.5 Å². The largest absolute Gasteiger partial charge is 0.493 e. The number of nitrogens with one attached hydrogen (secondary N) is 1. The molecule has 0 spiro atoms. The van der Waals surface area contributed by atoms with Crippen LogP contribution in [0.1, 0.15) is 6.42 Å². The lowest BCUT2D eigenvalue weighted by Crippen LogP contribution is -2.33. The zero-order valence-electron chi connectivity index (χ0n) is 14.5. The van der Waals surface area contributed by atoms with Gasteiger partial charge in [0.15, 0.2) is 17.5 Å². The van der Waals surface area contributed by atoms with Gasteiger partial charge in [-0.05, 0) is 12.5 Å². The van der Waals surface area contributed by atoms with E-state index in [9.17, 15) is 22.8 Å². The Kier molecular flexibility index (Phi) is 5.87. The highest BCUT2D eigenvalue weighted by Gasteiger charge is 2.11. The first-order chi connectivity index (χ1) is 13.5. The normalized spacial score (nSPS) is 10.8. The first kappa shape index (κ1) is 19.3. The predicted molar refractivity (Wildman–Crippen MR) is 93.2 cm³/mol. The van der Waals surface area contributed by atoms with Crippen LogP contribution >= 0.6 is 0 Å². The molecule has 0 radical (unpaired) electrons. The molecule has 146 valence electrons. The highest BCUT2D eigenvalue weighted by molar-refractivity contribution is 5.78. The van der Waals surface area contributed by atoms with E-state index in [1.54, 1.807) is 0 Å². The van der Waals surface area contributed by atoms with E-state index >= 15 is 0 Å². The Hall–Kier alpha value is -3.43. The zero-order chi connectivity index (χ0) is 20.1. The average molecular weight is 392 g/mol. The Bertz CT molecular complexity index is 1050. The van der Waals surface area contributed by atoms with E-state index in [1.807, 2.05) is 0 Å². The molecule has 0 aliphatic heterocycles. The lowest BCUT2D eigenvalue weighted by Gasteiger charge is -2.09. The van der Waals surface area contributed by atoms with Crippen molar-refractivity contribution in [1.29, 1.82) is 0 Å². The lowest BCUT2D eigenvalue weighted by atomic mass is 10.3. The maximum atomic E-state index is 13.1. The maximum absolute atomic E-state index is 13.1. The van der Waals surface area contributed by atoms with E-state index in [2.05, 4.69) is 15.3 Å². The molecule has 2 heterocycles. The van der Waals surface area contributed by atoms with Gasteiger partial charge in [-0.2, -0.15) is 0 Å². The average Bonchev–Trinajstić information content (AvgIpc) is 2.68. The summed E-state index contributed by atoms with van der Waals surface area (Å²) >= 11 is 0. The number of pyridine rings is 1. The van der Waals surface area contributed by atoms with Crippen molar-refractivity contribution in [1.82, 2.24) is 19.9 Å². The number of halogens is 3. The van der Waals surface area contributed by atoms with E-state index in [-0.39, 0.29) is 31.0 Å². The summed E-state index contributed by atoms with van der Waals surface area (Å²) < 4.78 is 45.3. The van der Waals surface area contributed by atoms with Crippen LogP contribution in [0.2, 0.25) is 0 Å². The summed E-state index contributed by atoms with van der Waals surface area (Å²) in [5.41, 5.74) is 0.0845.